The largest absolute Gasteiger partial charge is 0.383 e. The molecule has 1 amide bonds. The molecule has 6 heteroatoms. The maximum atomic E-state index is 12.1. The van der Waals surface area contributed by atoms with Crippen molar-refractivity contribution in [2.24, 2.45) is 0 Å². The van der Waals surface area contributed by atoms with Gasteiger partial charge in [0.2, 0.25) is 0 Å². The van der Waals surface area contributed by atoms with Crippen LogP contribution < -0.4 is 10.6 Å². The van der Waals surface area contributed by atoms with Crippen molar-refractivity contribution in [2.75, 3.05) is 25.0 Å². The maximum Gasteiger partial charge on any atom is 0.269 e. The Morgan fingerprint density at radius 1 is 1.32 bits per heavy atom. The van der Waals surface area contributed by atoms with E-state index in [1.807, 2.05) is 30.3 Å². The van der Waals surface area contributed by atoms with Crippen molar-refractivity contribution in [1.29, 1.82) is 0 Å². The van der Waals surface area contributed by atoms with E-state index in [-0.39, 0.29) is 12.0 Å². The first kappa shape index (κ1) is 17.7. The number of carbonyl (C=O) groups excluding carboxylic acids is 1. The Balaban J connectivity index is 1.44. The van der Waals surface area contributed by atoms with Gasteiger partial charge in [0.15, 0.2) is 0 Å². The molecule has 1 aliphatic heterocycles. The number of rotatable bonds is 7. The van der Waals surface area contributed by atoms with Crippen LogP contribution >= 0.6 is 11.6 Å². The number of aromatic nitrogens is 1. The van der Waals surface area contributed by atoms with Crippen LogP contribution in [0.3, 0.4) is 0 Å². The Hall–Kier alpha value is -2.11. The molecule has 3 rings (SSSR count). The Morgan fingerprint density at radius 3 is 2.96 bits per heavy atom. The highest BCUT2D eigenvalue weighted by molar-refractivity contribution is 6.30. The number of hydrogen-bond acceptors (Lipinski definition) is 4. The fourth-order valence-electron chi connectivity index (χ4n) is 2.78. The summed E-state index contributed by atoms with van der Waals surface area (Å²) in [5.41, 5.74) is 2.48. The van der Waals surface area contributed by atoms with E-state index in [1.54, 1.807) is 12.3 Å². The average molecular weight is 360 g/mol. The van der Waals surface area contributed by atoms with Crippen LogP contribution in [0.1, 0.15) is 28.9 Å². The molecule has 0 aliphatic carbocycles. The Kier molecular flexibility index (Phi) is 6.25. The zero-order valence-electron chi connectivity index (χ0n) is 14.0. The van der Waals surface area contributed by atoms with Gasteiger partial charge >= 0.3 is 0 Å². The van der Waals surface area contributed by atoms with E-state index < -0.39 is 0 Å². The van der Waals surface area contributed by atoms with Gasteiger partial charge in [0.05, 0.1) is 18.0 Å². The molecule has 0 radical (unpaired) electrons. The number of carbonyl (C=O) groups is 1. The Labute approximate surface area is 152 Å². The summed E-state index contributed by atoms with van der Waals surface area (Å²) in [7, 11) is 0. The van der Waals surface area contributed by atoms with Gasteiger partial charge in [-0.3, -0.25) is 4.79 Å². The number of benzene rings is 1. The SMILES string of the molecule is O=C(NCC1CCCO1)c1ccc(NCCc2cccc(Cl)c2)cn1. The van der Waals surface area contributed by atoms with E-state index in [0.29, 0.717) is 12.2 Å². The minimum Gasteiger partial charge on any atom is -0.383 e. The molecular formula is C19H22ClN3O2. The number of pyridine rings is 1. The van der Waals surface area contributed by atoms with Gasteiger partial charge < -0.3 is 15.4 Å². The number of halogens is 1. The molecule has 1 saturated heterocycles. The molecule has 5 nitrogen and oxygen atoms in total. The monoisotopic (exact) mass is 359 g/mol. The molecule has 2 aromatic rings. The smallest absolute Gasteiger partial charge is 0.269 e. The predicted octanol–water partition coefficient (Wildman–Crippen LogP) is 3.30. The summed E-state index contributed by atoms with van der Waals surface area (Å²) < 4.78 is 5.49. The second-order valence-electron chi connectivity index (χ2n) is 6.08. The summed E-state index contributed by atoms with van der Waals surface area (Å²) in [6, 6.07) is 11.4. The van der Waals surface area contributed by atoms with Crippen molar-refractivity contribution in [3.63, 3.8) is 0 Å². The first-order valence-corrected chi connectivity index (χ1v) is 8.93. The maximum absolute atomic E-state index is 12.1. The average Bonchev–Trinajstić information content (AvgIpc) is 3.14. The van der Waals surface area contributed by atoms with Crippen molar-refractivity contribution < 1.29 is 9.53 Å². The summed E-state index contributed by atoms with van der Waals surface area (Å²) in [5.74, 6) is -0.166. The first-order valence-electron chi connectivity index (χ1n) is 8.55. The second-order valence-corrected chi connectivity index (χ2v) is 6.52. The molecular weight excluding hydrogens is 338 g/mol. The number of ether oxygens (including phenoxy) is 1. The lowest BCUT2D eigenvalue weighted by Crippen LogP contribution is -2.32. The third kappa shape index (κ3) is 5.44. The molecule has 0 saturated carbocycles. The number of amides is 1. The number of anilines is 1. The topological polar surface area (TPSA) is 63.2 Å². The highest BCUT2D eigenvalue weighted by Crippen LogP contribution is 2.13. The van der Waals surface area contributed by atoms with Crippen LogP contribution in [0, 0.1) is 0 Å². The van der Waals surface area contributed by atoms with Gasteiger partial charge in [-0.25, -0.2) is 4.98 Å². The van der Waals surface area contributed by atoms with Gasteiger partial charge in [0, 0.05) is 24.7 Å². The van der Waals surface area contributed by atoms with Gasteiger partial charge in [-0.15, -0.1) is 0 Å². The van der Waals surface area contributed by atoms with Crippen molar-refractivity contribution in [2.45, 2.75) is 25.4 Å². The zero-order chi connectivity index (χ0) is 17.5. The molecule has 2 heterocycles. The van der Waals surface area contributed by atoms with Crippen LogP contribution in [0.25, 0.3) is 0 Å². The molecule has 0 spiro atoms. The first-order chi connectivity index (χ1) is 12.2. The zero-order valence-corrected chi connectivity index (χ0v) is 14.8. The molecule has 25 heavy (non-hydrogen) atoms. The van der Waals surface area contributed by atoms with Gasteiger partial charge in [0.1, 0.15) is 5.69 Å². The quantitative estimate of drug-likeness (QED) is 0.796. The molecule has 2 N–H and O–H groups in total. The van der Waals surface area contributed by atoms with E-state index in [4.69, 9.17) is 16.3 Å². The van der Waals surface area contributed by atoms with Crippen molar-refractivity contribution >= 4 is 23.2 Å². The van der Waals surface area contributed by atoms with E-state index in [9.17, 15) is 4.79 Å². The molecule has 0 bridgehead atoms. The lowest BCUT2D eigenvalue weighted by atomic mass is 10.1. The summed E-state index contributed by atoms with van der Waals surface area (Å²) in [5, 5.41) is 6.92. The van der Waals surface area contributed by atoms with E-state index in [2.05, 4.69) is 15.6 Å². The second kappa shape index (κ2) is 8.83. The molecule has 1 unspecified atom stereocenters. The lowest BCUT2D eigenvalue weighted by Gasteiger charge is -2.11. The van der Waals surface area contributed by atoms with Crippen LogP contribution in [-0.2, 0) is 11.2 Å². The summed E-state index contributed by atoms with van der Waals surface area (Å²) in [6.07, 6.45) is 4.75. The van der Waals surface area contributed by atoms with Crippen LogP contribution in [0.15, 0.2) is 42.6 Å². The van der Waals surface area contributed by atoms with Crippen LogP contribution in [-0.4, -0.2) is 36.7 Å². The Morgan fingerprint density at radius 2 is 2.24 bits per heavy atom. The van der Waals surface area contributed by atoms with Crippen molar-refractivity contribution in [1.82, 2.24) is 10.3 Å². The van der Waals surface area contributed by atoms with Crippen LogP contribution in [0.4, 0.5) is 5.69 Å². The van der Waals surface area contributed by atoms with Gasteiger partial charge in [-0.05, 0) is 49.1 Å². The lowest BCUT2D eigenvalue weighted by molar-refractivity contribution is 0.0854. The van der Waals surface area contributed by atoms with Crippen molar-refractivity contribution in [3.05, 3.63) is 58.9 Å². The predicted molar refractivity (Wildman–Crippen MR) is 99.2 cm³/mol. The molecule has 1 aromatic heterocycles. The number of hydrogen-bond donors (Lipinski definition) is 2. The number of nitrogens with one attached hydrogen (secondary N) is 2. The third-order valence-corrected chi connectivity index (χ3v) is 4.38. The molecule has 1 fully saturated rings. The molecule has 132 valence electrons. The van der Waals surface area contributed by atoms with Gasteiger partial charge in [-0.1, -0.05) is 23.7 Å². The van der Waals surface area contributed by atoms with E-state index >= 15 is 0 Å². The fourth-order valence-corrected chi connectivity index (χ4v) is 2.99. The standard InChI is InChI=1S/C19H22ClN3O2/c20-15-4-1-3-14(11-15)8-9-21-16-6-7-18(22-12-16)19(24)23-13-17-5-2-10-25-17/h1,3-4,6-7,11-12,17,21H,2,5,8-10,13H2,(H,23,24). The fraction of sp³-hybridized carbons (Fsp3) is 0.368. The molecule has 1 aliphatic rings. The normalized spacial score (nSPS) is 16.6. The third-order valence-electron chi connectivity index (χ3n) is 4.14. The van der Waals surface area contributed by atoms with Crippen molar-refractivity contribution in [3.8, 4) is 0 Å². The highest BCUT2D eigenvalue weighted by Gasteiger charge is 2.17. The minimum absolute atomic E-state index is 0.136. The summed E-state index contributed by atoms with van der Waals surface area (Å²) in [4.78, 5) is 16.3. The van der Waals surface area contributed by atoms with Gasteiger partial charge in [0.25, 0.3) is 5.91 Å². The number of nitrogens with zero attached hydrogens (tertiary/aromatic N) is 1. The highest BCUT2D eigenvalue weighted by atomic mass is 35.5. The van der Waals surface area contributed by atoms with E-state index in [0.717, 1.165) is 43.1 Å². The van der Waals surface area contributed by atoms with Crippen LogP contribution in [0.2, 0.25) is 5.02 Å². The molecule has 1 atom stereocenters. The summed E-state index contributed by atoms with van der Waals surface area (Å²) in [6.45, 7) is 2.10. The minimum atomic E-state index is -0.166. The molecule has 1 aromatic carbocycles. The van der Waals surface area contributed by atoms with E-state index in [1.165, 1.54) is 5.56 Å². The van der Waals surface area contributed by atoms with Gasteiger partial charge in [-0.2, -0.15) is 0 Å². The van der Waals surface area contributed by atoms with Crippen LogP contribution in [0.5, 0.6) is 0 Å². The Bertz CT molecular complexity index is 700. The summed E-state index contributed by atoms with van der Waals surface area (Å²) >= 11 is 5.98.